The standard InChI is InChI=1S/C23H28F3N3O3S/c1-3-28(4-2)21-13-12-17(33(31,32)29-14-8-5-9-15-29)16-20(21)27-22(30)18-10-6-7-11-19(18)23(24,25)26/h6-7,10-13,16H,3-5,8-9,14-15H2,1-2H3,(H,27,30). The largest absolute Gasteiger partial charge is 0.417 e. The molecule has 1 heterocycles. The molecule has 1 fully saturated rings. The van der Waals surface area contributed by atoms with Crippen molar-refractivity contribution in [3.8, 4) is 0 Å². The van der Waals surface area contributed by atoms with Gasteiger partial charge in [0.2, 0.25) is 10.0 Å². The number of amides is 1. The van der Waals surface area contributed by atoms with Gasteiger partial charge in [0.05, 0.1) is 27.4 Å². The van der Waals surface area contributed by atoms with E-state index in [0.29, 0.717) is 31.9 Å². The minimum absolute atomic E-state index is 0.000266. The first-order chi connectivity index (χ1) is 15.6. The number of carbonyl (C=O) groups excluding carboxylic acids is 1. The topological polar surface area (TPSA) is 69.7 Å². The fourth-order valence-corrected chi connectivity index (χ4v) is 5.53. The van der Waals surface area contributed by atoms with Crippen LogP contribution in [0.3, 0.4) is 0 Å². The number of hydrogen-bond acceptors (Lipinski definition) is 4. The molecule has 33 heavy (non-hydrogen) atoms. The van der Waals surface area contributed by atoms with Gasteiger partial charge in [0.1, 0.15) is 0 Å². The number of nitrogens with zero attached hydrogens (tertiary/aromatic N) is 2. The summed E-state index contributed by atoms with van der Waals surface area (Å²) in [6.45, 7) is 5.76. The molecule has 180 valence electrons. The molecular weight excluding hydrogens is 455 g/mol. The van der Waals surface area contributed by atoms with Crippen molar-refractivity contribution in [2.24, 2.45) is 0 Å². The maximum absolute atomic E-state index is 13.4. The third-order valence-corrected chi connectivity index (χ3v) is 7.64. The maximum Gasteiger partial charge on any atom is 0.417 e. The van der Waals surface area contributed by atoms with Gasteiger partial charge < -0.3 is 10.2 Å². The van der Waals surface area contributed by atoms with Gasteiger partial charge in [0.25, 0.3) is 5.91 Å². The summed E-state index contributed by atoms with van der Waals surface area (Å²) in [6.07, 6.45) is -2.19. The quantitative estimate of drug-likeness (QED) is 0.603. The second-order valence-corrected chi connectivity index (χ2v) is 9.75. The third-order valence-electron chi connectivity index (χ3n) is 5.75. The first-order valence-corrected chi connectivity index (χ1v) is 12.4. The number of benzene rings is 2. The van der Waals surface area contributed by atoms with Crippen LogP contribution in [-0.4, -0.2) is 44.8 Å². The Morgan fingerprint density at radius 1 is 1.03 bits per heavy atom. The smallest absolute Gasteiger partial charge is 0.370 e. The summed E-state index contributed by atoms with van der Waals surface area (Å²) >= 11 is 0. The second kappa shape index (κ2) is 10.1. The van der Waals surface area contributed by atoms with Gasteiger partial charge >= 0.3 is 6.18 Å². The average molecular weight is 484 g/mol. The zero-order chi connectivity index (χ0) is 24.2. The van der Waals surface area contributed by atoms with Crippen LogP contribution in [0.2, 0.25) is 0 Å². The van der Waals surface area contributed by atoms with E-state index < -0.39 is 33.2 Å². The SMILES string of the molecule is CCN(CC)c1ccc(S(=O)(=O)N2CCCCC2)cc1NC(=O)c1ccccc1C(F)(F)F. The Bertz CT molecular complexity index is 1090. The number of anilines is 2. The van der Waals surface area contributed by atoms with E-state index in [2.05, 4.69) is 5.32 Å². The van der Waals surface area contributed by atoms with Crippen molar-refractivity contribution in [1.82, 2.24) is 4.31 Å². The highest BCUT2D eigenvalue weighted by molar-refractivity contribution is 7.89. The van der Waals surface area contributed by atoms with Gasteiger partial charge in [-0.05, 0) is 57.0 Å². The number of alkyl halides is 3. The lowest BCUT2D eigenvalue weighted by Crippen LogP contribution is -2.35. The molecule has 0 aromatic heterocycles. The Morgan fingerprint density at radius 3 is 2.27 bits per heavy atom. The van der Waals surface area contributed by atoms with Gasteiger partial charge in [-0.1, -0.05) is 18.6 Å². The van der Waals surface area contributed by atoms with Crippen molar-refractivity contribution in [3.63, 3.8) is 0 Å². The van der Waals surface area contributed by atoms with Crippen LogP contribution in [0.25, 0.3) is 0 Å². The molecule has 0 atom stereocenters. The van der Waals surface area contributed by atoms with E-state index >= 15 is 0 Å². The molecular formula is C23H28F3N3O3S. The summed E-state index contributed by atoms with van der Waals surface area (Å²) in [4.78, 5) is 14.8. The van der Waals surface area contributed by atoms with Gasteiger partial charge in [-0.2, -0.15) is 17.5 Å². The van der Waals surface area contributed by atoms with Crippen LogP contribution in [0, 0.1) is 0 Å². The molecule has 0 saturated carbocycles. The molecule has 1 amide bonds. The number of piperidine rings is 1. The summed E-state index contributed by atoms with van der Waals surface area (Å²) in [5.74, 6) is -0.955. The van der Waals surface area contributed by atoms with Crippen molar-refractivity contribution in [3.05, 3.63) is 53.6 Å². The van der Waals surface area contributed by atoms with Gasteiger partial charge in [0.15, 0.2) is 0 Å². The highest BCUT2D eigenvalue weighted by Gasteiger charge is 2.35. The Kier molecular flexibility index (Phi) is 7.69. The first-order valence-electron chi connectivity index (χ1n) is 11.0. The van der Waals surface area contributed by atoms with Crippen LogP contribution in [0.5, 0.6) is 0 Å². The van der Waals surface area contributed by atoms with E-state index in [1.165, 1.54) is 28.6 Å². The van der Waals surface area contributed by atoms with Crippen LogP contribution < -0.4 is 10.2 Å². The summed E-state index contributed by atoms with van der Waals surface area (Å²) < 4.78 is 68.0. The molecule has 0 spiro atoms. The molecule has 0 unspecified atom stereocenters. The highest BCUT2D eigenvalue weighted by atomic mass is 32.2. The fraction of sp³-hybridized carbons (Fsp3) is 0.435. The van der Waals surface area contributed by atoms with Gasteiger partial charge in [-0.15, -0.1) is 0 Å². The van der Waals surface area contributed by atoms with Gasteiger partial charge in [-0.25, -0.2) is 8.42 Å². The van der Waals surface area contributed by atoms with E-state index in [0.717, 1.165) is 31.4 Å². The predicted octanol–water partition coefficient (Wildman–Crippen LogP) is 4.98. The fourth-order valence-electron chi connectivity index (χ4n) is 3.99. The summed E-state index contributed by atoms with van der Waals surface area (Å²) in [5.41, 5.74) is -0.891. The number of sulfonamides is 1. The lowest BCUT2D eigenvalue weighted by atomic mass is 10.1. The average Bonchev–Trinajstić information content (AvgIpc) is 2.80. The Hall–Kier alpha value is -2.59. The van der Waals surface area contributed by atoms with Crippen molar-refractivity contribution >= 4 is 27.3 Å². The molecule has 0 bridgehead atoms. The molecule has 0 aliphatic carbocycles. The van der Waals surface area contributed by atoms with E-state index in [1.54, 1.807) is 6.07 Å². The minimum Gasteiger partial charge on any atom is -0.370 e. The maximum atomic E-state index is 13.4. The lowest BCUT2D eigenvalue weighted by molar-refractivity contribution is -0.137. The molecule has 2 aromatic rings. The van der Waals surface area contributed by atoms with Crippen LogP contribution >= 0.6 is 0 Å². The van der Waals surface area contributed by atoms with E-state index in [9.17, 15) is 26.4 Å². The van der Waals surface area contributed by atoms with Crippen molar-refractivity contribution in [1.29, 1.82) is 0 Å². The summed E-state index contributed by atoms with van der Waals surface area (Å²) in [6, 6.07) is 8.93. The van der Waals surface area contributed by atoms with Crippen molar-refractivity contribution in [2.75, 3.05) is 36.4 Å². The monoisotopic (exact) mass is 483 g/mol. The van der Waals surface area contributed by atoms with Crippen LogP contribution in [0.1, 0.15) is 49.0 Å². The third kappa shape index (κ3) is 5.50. The number of carbonyl (C=O) groups is 1. The first kappa shape index (κ1) is 25.0. The number of nitrogens with one attached hydrogen (secondary N) is 1. The number of halogens is 3. The number of hydrogen-bond donors (Lipinski definition) is 1. The van der Waals surface area contributed by atoms with Crippen molar-refractivity contribution in [2.45, 2.75) is 44.2 Å². The summed E-state index contributed by atoms with van der Waals surface area (Å²) in [7, 11) is -3.79. The molecule has 2 aromatic carbocycles. The molecule has 1 aliphatic rings. The van der Waals surface area contributed by atoms with E-state index in [4.69, 9.17) is 0 Å². The minimum atomic E-state index is -4.70. The van der Waals surface area contributed by atoms with Crippen molar-refractivity contribution < 1.29 is 26.4 Å². The molecule has 1 N–H and O–H groups in total. The second-order valence-electron chi connectivity index (χ2n) is 7.81. The molecule has 3 rings (SSSR count). The Labute approximate surface area is 192 Å². The van der Waals surface area contributed by atoms with Gasteiger partial charge in [0, 0.05) is 26.2 Å². The molecule has 1 saturated heterocycles. The van der Waals surface area contributed by atoms with Crippen LogP contribution in [0.4, 0.5) is 24.5 Å². The number of rotatable bonds is 7. The highest BCUT2D eigenvalue weighted by Crippen LogP contribution is 2.34. The summed E-state index contributed by atoms with van der Waals surface area (Å²) in [5, 5.41) is 2.54. The zero-order valence-electron chi connectivity index (χ0n) is 18.7. The van der Waals surface area contributed by atoms with E-state index in [1.807, 2.05) is 18.7 Å². The molecule has 1 aliphatic heterocycles. The zero-order valence-corrected chi connectivity index (χ0v) is 19.5. The van der Waals surface area contributed by atoms with Crippen LogP contribution in [0.15, 0.2) is 47.4 Å². The molecule has 10 heteroatoms. The lowest BCUT2D eigenvalue weighted by Gasteiger charge is -2.28. The van der Waals surface area contributed by atoms with Crippen LogP contribution in [-0.2, 0) is 16.2 Å². The molecule has 0 radical (unpaired) electrons. The Morgan fingerprint density at radius 2 is 1.67 bits per heavy atom. The van der Waals surface area contributed by atoms with E-state index in [-0.39, 0.29) is 10.6 Å². The normalized spacial score (nSPS) is 15.3. The molecule has 6 nitrogen and oxygen atoms in total. The predicted molar refractivity (Wildman–Crippen MR) is 122 cm³/mol. The Balaban J connectivity index is 2.04. The van der Waals surface area contributed by atoms with Gasteiger partial charge in [-0.3, -0.25) is 4.79 Å².